The topological polar surface area (TPSA) is 12.9 Å². The highest BCUT2D eigenvalue weighted by Gasteiger charge is 2.06. The van der Waals surface area contributed by atoms with Crippen LogP contribution in [-0.2, 0) is 6.42 Å². The van der Waals surface area contributed by atoms with E-state index < -0.39 is 0 Å². The van der Waals surface area contributed by atoms with Gasteiger partial charge in [-0.25, -0.2) is 4.98 Å². The van der Waals surface area contributed by atoms with Gasteiger partial charge >= 0.3 is 0 Å². The lowest BCUT2D eigenvalue weighted by molar-refractivity contribution is 1.10. The summed E-state index contributed by atoms with van der Waals surface area (Å²) in [5, 5.41) is 3.94. The monoisotopic (exact) mass is 263 g/mol. The molecule has 0 atom stereocenters. The molecule has 0 N–H and O–H groups in total. The first-order valence-corrected chi connectivity index (χ1v) is 6.67. The molecule has 88 valence electrons. The Morgan fingerprint density at radius 2 is 2.24 bits per heavy atom. The van der Waals surface area contributed by atoms with Gasteiger partial charge in [0.1, 0.15) is 0 Å². The Kier molecular flexibility index (Phi) is 3.65. The fourth-order valence-electron chi connectivity index (χ4n) is 1.58. The van der Waals surface area contributed by atoms with Crippen molar-refractivity contribution in [2.24, 2.45) is 0 Å². The number of aromatic nitrogens is 1. The first kappa shape index (κ1) is 12.3. The number of benzene rings is 1. The zero-order valence-corrected chi connectivity index (χ0v) is 11.5. The molecule has 0 aliphatic rings. The second kappa shape index (κ2) is 5.03. The van der Waals surface area contributed by atoms with Gasteiger partial charge in [-0.3, -0.25) is 0 Å². The van der Waals surface area contributed by atoms with Gasteiger partial charge in [0.2, 0.25) is 0 Å². The molecule has 0 unspecified atom stereocenters. The molecular formula is C14H14ClNS. The minimum atomic E-state index is 0.780. The quantitative estimate of drug-likeness (QED) is 0.780. The predicted molar refractivity (Wildman–Crippen MR) is 75.8 cm³/mol. The van der Waals surface area contributed by atoms with Gasteiger partial charge in [-0.05, 0) is 42.7 Å². The summed E-state index contributed by atoms with van der Waals surface area (Å²) in [6, 6.07) is 5.98. The molecule has 0 aliphatic carbocycles. The molecule has 0 aliphatic heterocycles. The van der Waals surface area contributed by atoms with Crippen LogP contribution < -0.4 is 0 Å². The summed E-state index contributed by atoms with van der Waals surface area (Å²) in [5.74, 6) is 0. The van der Waals surface area contributed by atoms with Crippen LogP contribution in [0.2, 0.25) is 5.02 Å². The summed E-state index contributed by atoms with van der Waals surface area (Å²) in [5.41, 5.74) is 4.49. The Morgan fingerprint density at radius 3 is 2.88 bits per heavy atom. The Balaban J connectivity index is 2.25. The first-order valence-electron chi connectivity index (χ1n) is 5.41. The van der Waals surface area contributed by atoms with E-state index in [0.717, 1.165) is 27.7 Å². The fraction of sp³-hybridized carbons (Fsp3) is 0.214. The molecule has 17 heavy (non-hydrogen) atoms. The highest BCUT2D eigenvalue weighted by molar-refractivity contribution is 7.09. The number of rotatable bonds is 3. The minimum absolute atomic E-state index is 0.780. The van der Waals surface area contributed by atoms with Crippen LogP contribution in [0, 0.1) is 6.92 Å². The van der Waals surface area contributed by atoms with Crippen LogP contribution in [0.5, 0.6) is 0 Å². The summed E-state index contributed by atoms with van der Waals surface area (Å²) in [7, 11) is 0. The largest absolute Gasteiger partial charge is 0.241 e. The molecule has 0 amide bonds. The molecule has 0 saturated carbocycles. The number of hydrogen-bond donors (Lipinski definition) is 0. The lowest BCUT2D eigenvalue weighted by Gasteiger charge is -2.03. The predicted octanol–water partition coefficient (Wildman–Crippen LogP) is 4.73. The molecule has 0 spiro atoms. The van der Waals surface area contributed by atoms with Crippen molar-refractivity contribution in [1.82, 2.24) is 4.98 Å². The summed E-state index contributed by atoms with van der Waals surface area (Å²) in [6.45, 7) is 7.97. The number of thiazole rings is 1. The number of aryl methyl sites for hydroxylation is 1. The van der Waals surface area contributed by atoms with E-state index in [1.165, 1.54) is 11.1 Å². The van der Waals surface area contributed by atoms with E-state index in [9.17, 15) is 0 Å². The van der Waals surface area contributed by atoms with Crippen LogP contribution in [0.3, 0.4) is 0 Å². The molecule has 1 aromatic heterocycles. The lowest BCUT2D eigenvalue weighted by atomic mass is 10.1. The lowest BCUT2D eigenvalue weighted by Crippen LogP contribution is -1.91. The van der Waals surface area contributed by atoms with Gasteiger partial charge in [0.15, 0.2) is 0 Å². The third-order valence-corrected chi connectivity index (χ3v) is 3.73. The van der Waals surface area contributed by atoms with Crippen molar-refractivity contribution in [1.29, 1.82) is 0 Å². The average molecular weight is 264 g/mol. The van der Waals surface area contributed by atoms with Crippen LogP contribution in [0.4, 0.5) is 0 Å². The summed E-state index contributed by atoms with van der Waals surface area (Å²) >= 11 is 7.68. The highest BCUT2D eigenvalue weighted by atomic mass is 35.5. The number of hydrogen-bond acceptors (Lipinski definition) is 2. The second-order valence-corrected chi connectivity index (χ2v) is 5.53. The van der Waals surface area contributed by atoms with Crippen LogP contribution in [0.1, 0.15) is 28.8 Å². The molecule has 1 heterocycles. The van der Waals surface area contributed by atoms with E-state index >= 15 is 0 Å². The minimum Gasteiger partial charge on any atom is -0.241 e. The van der Waals surface area contributed by atoms with Gasteiger partial charge in [-0.1, -0.05) is 24.2 Å². The Bertz CT molecular complexity index is 557. The summed E-state index contributed by atoms with van der Waals surface area (Å²) < 4.78 is 0. The van der Waals surface area contributed by atoms with Crippen molar-refractivity contribution in [2.45, 2.75) is 20.3 Å². The molecule has 2 rings (SSSR count). The Morgan fingerprint density at radius 1 is 1.47 bits per heavy atom. The Hall–Kier alpha value is -1.12. The molecule has 1 nitrogen and oxygen atoms in total. The molecule has 1 aromatic carbocycles. The van der Waals surface area contributed by atoms with Gasteiger partial charge in [0.05, 0.1) is 10.7 Å². The van der Waals surface area contributed by atoms with Crippen molar-refractivity contribution in [2.75, 3.05) is 0 Å². The van der Waals surface area contributed by atoms with E-state index in [1.807, 2.05) is 25.1 Å². The van der Waals surface area contributed by atoms with Crippen molar-refractivity contribution < 1.29 is 0 Å². The van der Waals surface area contributed by atoms with Crippen molar-refractivity contribution in [3.63, 3.8) is 0 Å². The van der Waals surface area contributed by atoms with E-state index in [-0.39, 0.29) is 0 Å². The number of allylic oxidation sites excluding steroid dienone is 1. The maximum atomic E-state index is 6.01. The zero-order chi connectivity index (χ0) is 12.4. The standard InChI is InChI=1S/C14H14ClNS/c1-9(2)13-8-17-14(16-13)7-11-6-12(15)5-4-10(11)3/h4-6,8H,1,7H2,2-3H3. The second-order valence-electron chi connectivity index (χ2n) is 4.15. The zero-order valence-electron chi connectivity index (χ0n) is 9.96. The van der Waals surface area contributed by atoms with Gasteiger partial charge in [-0.15, -0.1) is 11.3 Å². The van der Waals surface area contributed by atoms with Crippen molar-refractivity contribution in [3.05, 3.63) is 57.0 Å². The van der Waals surface area contributed by atoms with Crippen LogP contribution in [0.25, 0.3) is 5.57 Å². The molecule has 0 fully saturated rings. The third kappa shape index (κ3) is 2.96. The first-order chi connectivity index (χ1) is 8.06. The smallest absolute Gasteiger partial charge is 0.0976 e. The number of halogens is 1. The molecule has 0 saturated heterocycles. The maximum absolute atomic E-state index is 6.01. The average Bonchev–Trinajstić information content (AvgIpc) is 2.72. The van der Waals surface area contributed by atoms with Gasteiger partial charge in [-0.2, -0.15) is 0 Å². The van der Waals surface area contributed by atoms with Crippen LogP contribution >= 0.6 is 22.9 Å². The van der Waals surface area contributed by atoms with E-state index in [1.54, 1.807) is 11.3 Å². The van der Waals surface area contributed by atoms with Gasteiger partial charge in [0.25, 0.3) is 0 Å². The van der Waals surface area contributed by atoms with Crippen molar-refractivity contribution in [3.8, 4) is 0 Å². The normalized spacial score (nSPS) is 10.5. The van der Waals surface area contributed by atoms with E-state index in [4.69, 9.17) is 11.6 Å². The summed E-state index contributed by atoms with van der Waals surface area (Å²) in [4.78, 5) is 4.55. The maximum Gasteiger partial charge on any atom is 0.0976 e. The third-order valence-electron chi connectivity index (χ3n) is 2.64. The van der Waals surface area contributed by atoms with E-state index in [0.29, 0.717) is 0 Å². The van der Waals surface area contributed by atoms with Crippen molar-refractivity contribution >= 4 is 28.5 Å². The molecule has 3 heteroatoms. The molecule has 0 radical (unpaired) electrons. The van der Waals surface area contributed by atoms with Crippen LogP contribution in [0.15, 0.2) is 30.2 Å². The number of nitrogens with zero attached hydrogens (tertiary/aromatic N) is 1. The Labute approximate surface area is 111 Å². The van der Waals surface area contributed by atoms with Gasteiger partial charge in [0, 0.05) is 16.8 Å². The molecule has 2 aromatic rings. The molecular weight excluding hydrogens is 250 g/mol. The van der Waals surface area contributed by atoms with Crippen LogP contribution in [-0.4, -0.2) is 4.98 Å². The fourth-order valence-corrected chi connectivity index (χ4v) is 2.67. The van der Waals surface area contributed by atoms with E-state index in [2.05, 4.69) is 23.9 Å². The SMILES string of the molecule is C=C(C)c1csc(Cc2cc(Cl)ccc2C)n1. The molecule has 0 bridgehead atoms. The van der Waals surface area contributed by atoms with Gasteiger partial charge < -0.3 is 0 Å². The highest BCUT2D eigenvalue weighted by Crippen LogP contribution is 2.22. The summed E-state index contributed by atoms with van der Waals surface area (Å²) in [6.07, 6.45) is 0.838.